The summed E-state index contributed by atoms with van der Waals surface area (Å²) in [6.07, 6.45) is 5.95. The molecule has 0 bridgehead atoms. The van der Waals surface area contributed by atoms with E-state index in [9.17, 15) is 0 Å². The maximum absolute atomic E-state index is 5.77. The van der Waals surface area contributed by atoms with Crippen molar-refractivity contribution in [3.05, 3.63) is 133 Å². The van der Waals surface area contributed by atoms with Crippen molar-refractivity contribution in [3.63, 3.8) is 0 Å². The summed E-state index contributed by atoms with van der Waals surface area (Å²) in [5, 5.41) is 0. The van der Waals surface area contributed by atoms with E-state index in [0.29, 0.717) is 5.92 Å². The maximum atomic E-state index is 5.77. The van der Waals surface area contributed by atoms with Crippen molar-refractivity contribution in [2.45, 2.75) is 86.5 Å². The quantitative estimate of drug-likeness (QED) is 0.173. The zero-order valence-corrected chi connectivity index (χ0v) is 33.6. The van der Waals surface area contributed by atoms with Crippen LogP contribution in [0.4, 0.5) is 0 Å². The molecule has 0 aromatic heterocycles. The number of hydrogen-bond donors (Lipinski definition) is 0. The van der Waals surface area contributed by atoms with Crippen LogP contribution in [0.25, 0.3) is 11.1 Å². The van der Waals surface area contributed by atoms with Crippen LogP contribution in [-0.2, 0) is 35.5 Å². The SMILES string of the molecule is Cl.Cl.[CH2]=[Zr]([C]1=CC(C)=CC1C)([c]1ccc(C)cc1)([c]1ccc(C)cc1)[c]1cc(C(C)(C)C)cc2c1Cc1ccc(C(C)(C)C)cc1-2. The minimum atomic E-state index is -4.85. The normalized spacial score (nSPS) is 16.1. The second kappa shape index (κ2) is 12.3. The summed E-state index contributed by atoms with van der Waals surface area (Å²) in [7, 11) is 0. The van der Waals surface area contributed by atoms with E-state index in [1.54, 1.807) is 3.28 Å². The van der Waals surface area contributed by atoms with E-state index < -0.39 is 18.3 Å². The van der Waals surface area contributed by atoms with Crippen LogP contribution < -0.4 is 9.81 Å². The zero-order valence-electron chi connectivity index (χ0n) is 29.5. The summed E-state index contributed by atoms with van der Waals surface area (Å²) in [5.74, 6) is 0.325. The van der Waals surface area contributed by atoms with Gasteiger partial charge in [-0.05, 0) is 0 Å². The molecule has 3 heteroatoms. The monoisotopic (exact) mass is 728 g/mol. The summed E-state index contributed by atoms with van der Waals surface area (Å²) in [6, 6.07) is 31.4. The molecular weight excluding hydrogens is 679 g/mol. The summed E-state index contributed by atoms with van der Waals surface area (Å²) in [6.45, 7) is 23.2. The fraction of sp³-hybridized carbons (Fsp3) is 0.326. The van der Waals surface area contributed by atoms with Crippen LogP contribution in [0.3, 0.4) is 0 Å². The summed E-state index contributed by atoms with van der Waals surface area (Å²) in [5.41, 5.74) is 12.6. The fourth-order valence-corrected chi connectivity index (χ4v) is 24.6. The van der Waals surface area contributed by atoms with Gasteiger partial charge in [0, 0.05) is 0 Å². The Bertz CT molecular complexity index is 1870. The van der Waals surface area contributed by atoms with Crippen molar-refractivity contribution in [1.29, 1.82) is 0 Å². The van der Waals surface area contributed by atoms with Gasteiger partial charge < -0.3 is 0 Å². The molecule has 0 fully saturated rings. The number of halogens is 2. The summed E-state index contributed by atoms with van der Waals surface area (Å²) < 4.78 is 11.7. The number of aryl methyl sites for hydroxylation is 2. The average Bonchev–Trinajstić information content (AvgIpc) is 3.50. The van der Waals surface area contributed by atoms with Crippen molar-refractivity contribution in [3.8, 4) is 11.1 Å². The first kappa shape index (κ1) is 36.5. The predicted octanol–water partition coefficient (Wildman–Crippen LogP) is 10.2. The molecule has 0 aliphatic heterocycles. The van der Waals surface area contributed by atoms with Gasteiger partial charge in [-0.2, -0.15) is 0 Å². The third kappa shape index (κ3) is 5.63. The molecule has 4 aromatic rings. The Morgan fingerprint density at radius 1 is 0.652 bits per heavy atom. The molecule has 0 spiro atoms. The van der Waals surface area contributed by atoms with Crippen molar-refractivity contribution < 1.29 is 18.3 Å². The molecule has 4 aromatic carbocycles. The van der Waals surface area contributed by atoms with Crippen molar-refractivity contribution in [2.24, 2.45) is 5.92 Å². The van der Waals surface area contributed by atoms with Gasteiger partial charge in [0.15, 0.2) is 0 Å². The second-order valence-electron chi connectivity index (χ2n) is 16.1. The van der Waals surface area contributed by atoms with Crippen LogP contribution in [0, 0.1) is 19.8 Å². The van der Waals surface area contributed by atoms with Gasteiger partial charge >= 0.3 is 269 Å². The van der Waals surface area contributed by atoms with E-state index in [4.69, 9.17) is 4.21 Å². The molecule has 0 saturated carbocycles. The van der Waals surface area contributed by atoms with Crippen LogP contribution in [-0.4, -0.2) is 4.21 Å². The Labute approximate surface area is 291 Å². The number of rotatable bonds is 4. The van der Waals surface area contributed by atoms with Gasteiger partial charge in [0.25, 0.3) is 0 Å². The van der Waals surface area contributed by atoms with Gasteiger partial charge in [-0.1, -0.05) is 0 Å². The van der Waals surface area contributed by atoms with Gasteiger partial charge in [-0.3, -0.25) is 0 Å². The molecule has 1 unspecified atom stereocenters. The third-order valence-electron chi connectivity index (χ3n) is 10.7. The topological polar surface area (TPSA) is 0 Å². The van der Waals surface area contributed by atoms with Crippen LogP contribution in [0.5, 0.6) is 0 Å². The van der Waals surface area contributed by atoms with Gasteiger partial charge in [-0.15, -0.1) is 24.8 Å². The molecule has 0 amide bonds. The Kier molecular flexibility index (Phi) is 9.76. The molecule has 1 atom stereocenters. The van der Waals surface area contributed by atoms with E-state index in [2.05, 4.69) is 160 Å². The first-order valence-corrected chi connectivity index (χ1v) is 23.1. The Balaban J connectivity index is 0.00000240. The van der Waals surface area contributed by atoms with Crippen LogP contribution >= 0.6 is 24.8 Å². The molecule has 6 rings (SSSR count). The van der Waals surface area contributed by atoms with E-state index in [-0.39, 0.29) is 35.6 Å². The number of fused-ring (bicyclic) bond motifs is 3. The second-order valence-corrected chi connectivity index (χ2v) is 28.8. The molecule has 0 saturated heterocycles. The average molecular weight is 731 g/mol. The molecule has 2 aliphatic carbocycles. The Morgan fingerprint density at radius 2 is 1.15 bits per heavy atom. The van der Waals surface area contributed by atoms with E-state index in [1.165, 1.54) is 59.9 Å². The van der Waals surface area contributed by atoms with Gasteiger partial charge in [0.2, 0.25) is 0 Å². The first-order valence-electron chi connectivity index (χ1n) is 16.4. The van der Waals surface area contributed by atoms with Crippen molar-refractivity contribution in [2.75, 3.05) is 0 Å². The Hall–Kier alpha value is -2.31. The third-order valence-corrected chi connectivity index (χ3v) is 27.3. The molecule has 0 radical (unpaired) electrons. The molecule has 242 valence electrons. The van der Waals surface area contributed by atoms with Gasteiger partial charge in [0.05, 0.1) is 0 Å². The molecule has 0 N–H and O–H groups in total. The number of allylic oxidation sites excluding steroid dienone is 4. The van der Waals surface area contributed by atoms with Crippen molar-refractivity contribution >= 4 is 38.8 Å². The van der Waals surface area contributed by atoms with E-state index in [0.717, 1.165) is 6.42 Å². The minimum absolute atomic E-state index is 0. The predicted molar refractivity (Wildman–Crippen MR) is 206 cm³/mol. The first-order chi connectivity index (χ1) is 20.5. The Morgan fingerprint density at radius 3 is 1.61 bits per heavy atom. The van der Waals surface area contributed by atoms with E-state index >= 15 is 0 Å². The van der Waals surface area contributed by atoms with Crippen LogP contribution in [0.15, 0.2) is 99.9 Å². The fourth-order valence-electron chi connectivity index (χ4n) is 8.05. The molecular formula is C43H52Cl2Zr. The van der Waals surface area contributed by atoms with Crippen molar-refractivity contribution in [1.82, 2.24) is 0 Å². The van der Waals surface area contributed by atoms with Crippen LogP contribution in [0.1, 0.15) is 88.8 Å². The zero-order chi connectivity index (χ0) is 31.8. The van der Waals surface area contributed by atoms with E-state index in [1.807, 2.05) is 0 Å². The molecule has 46 heavy (non-hydrogen) atoms. The molecule has 0 nitrogen and oxygen atoms in total. The molecule has 2 aliphatic rings. The van der Waals surface area contributed by atoms with Gasteiger partial charge in [0.1, 0.15) is 0 Å². The number of benzene rings is 4. The number of hydrogen-bond acceptors (Lipinski definition) is 0. The summed E-state index contributed by atoms with van der Waals surface area (Å²) in [4.78, 5) is 0. The van der Waals surface area contributed by atoms with Gasteiger partial charge in [-0.25, -0.2) is 0 Å². The molecule has 0 heterocycles. The summed E-state index contributed by atoms with van der Waals surface area (Å²) >= 11 is -4.85. The standard InChI is InChI=1S/C21H25.C7H9.2C7H7.CH2.2ClH.Zr/c1-20(2,3)16-9-7-14-11-15-8-10-17(21(4,5)6)13-19(15)18(14)12-16;1-6-3-4-7(2)5-6;2*1-7-5-3-2-4-6-7;;;;/h7,9-10,12-13H,11H2,1-6H3;3,5,7H,1-2H3;2*3-6H,1H3;1H2;2*1H;. The van der Waals surface area contributed by atoms with Crippen LogP contribution in [0.2, 0.25) is 0 Å².